The molecular weight excluding hydrogens is 318 g/mol. The molecule has 0 saturated carbocycles. The number of nitrogens with two attached hydrogens (primary N) is 1. The summed E-state index contributed by atoms with van der Waals surface area (Å²) < 4.78 is 0. The van der Waals surface area contributed by atoms with Crippen LogP contribution in [0.5, 0.6) is 0 Å². The van der Waals surface area contributed by atoms with E-state index in [0.29, 0.717) is 25.9 Å². The van der Waals surface area contributed by atoms with E-state index in [1.807, 2.05) is 44.2 Å². The van der Waals surface area contributed by atoms with Crippen molar-refractivity contribution in [1.82, 2.24) is 10.2 Å². The lowest BCUT2D eigenvalue weighted by atomic mass is 9.89. The Labute approximate surface area is 148 Å². The number of benzene rings is 1. The van der Waals surface area contributed by atoms with Crippen LogP contribution in [0.25, 0.3) is 0 Å². The van der Waals surface area contributed by atoms with Crippen LogP contribution >= 0.6 is 0 Å². The molecule has 1 saturated heterocycles. The molecule has 0 aliphatic carbocycles. The molecule has 1 aromatic carbocycles. The summed E-state index contributed by atoms with van der Waals surface area (Å²) in [5.41, 5.74) is 6.48. The summed E-state index contributed by atoms with van der Waals surface area (Å²) in [6, 6.07) is 8.65. The highest BCUT2D eigenvalue weighted by Crippen LogP contribution is 2.21. The molecule has 1 fully saturated rings. The minimum Gasteiger partial charge on any atom is -0.346 e. The van der Waals surface area contributed by atoms with Crippen molar-refractivity contribution in [1.29, 1.82) is 0 Å². The molecule has 1 atom stereocenters. The van der Waals surface area contributed by atoms with Crippen molar-refractivity contribution in [2.45, 2.75) is 32.7 Å². The number of amides is 2. The lowest BCUT2D eigenvalue weighted by molar-refractivity contribution is -0.134. The molecule has 0 aromatic heterocycles. The number of ketones is 1. The quantitative estimate of drug-likeness (QED) is 0.758. The van der Waals surface area contributed by atoms with Crippen molar-refractivity contribution in [3.8, 4) is 0 Å². The first-order valence-corrected chi connectivity index (χ1v) is 8.80. The van der Waals surface area contributed by atoms with Gasteiger partial charge in [-0.15, -0.1) is 0 Å². The third-order valence-corrected chi connectivity index (χ3v) is 4.71. The minimum absolute atomic E-state index is 0.0230. The number of nitrogens with zero attached hydrogens (tertiary/aromatic N) is 1. The first-order chi connectivity index (χ1) is 11.9. The molecule has 6 nitrogen and oxygen atoms in total. The number of hydrogen-bond donors (Lipinski definition) is 2. The molecule has 25 heavy (non-hydrogen) atoms. The van der Waals surface area contributed by atoms with Crippen LogP contribution in [0.2, 0.25) is 0 Å². The van der Waals surface area contributed by atoms with Gasteiger partial charge in [0.1, 0.15) is 0 Å². The average Bonchev–Trinajstić information content (AvgIpc) is 2.65. The summed E-state index contributed by atoms with van der Waals surface area (Å²) in [4.78, 5) is 38.2. The Bertz CT molecular complexity index is 608. The highest BCUT2D eigenvalue weighted by atomic mass is 16.2. The Morgan fingerprint density at radius 3 is 2.32 bits per heavy atom. The van der Waals surface area contributed by atoms with Gasteiger partial charge in [0.2, 0.25) is 11.8 Å². The largest absolute Gasteiger partial charge is 0.346 e. The zero-order valence-electron chi connectivity index (χ0n) is 14.9. The van der Waals surface area contributed by atoms with Crippen LogP contribution in [-0.4, -0.2) is 48.2 Å². The Kier molecular flexibility index (Phi) is 6.70. The number of carbonyl (C=O) groups is 3. The van der Waals surface area contributed by atoms with E-state index in [1.54, 1.807) is 4.90 Å². The third-order valence-electron chi connectivity index (χ3n) is 4.71. The molecule has 136 valence electrons. The predicted molar refractivity (Wildman–Crippen MR) is 95.9 cm³/mol. The molecular formula is C19H27N3O3. The van der Waals surface area contributed by atoms with Crippen LogP contribution in [0.1, 0.15) is 37.0 Å². The Morgan fingerprint density at radius 1 is 1.16 bits per heavy atom. The maximum absolute atomic E-state index is 12.5. The van der Waals surface area contributed by atoms with Crippen LogP contribution in [-0.2, 0) is 9.59 Å². The molecule has 2 amide bonds. The molecule has 0 radical (unpaired) electrons. The van der Waals surface area contributed by atoms with Gasteiger partial charge in [-0.3, -0.25) is 14.4 Å². The Hall–Kier alpha value is -2.21. The zero-order chi connectivity index (χ0) is 18.4. The first-order valence-electron chi connectivity index (χ1n) is 8.80. The van der Waals surface area contributed by atoms with Crippen LogP contribution in [0.4, 0.5) is 0 Å². The van der Waals surface area contributed by atoms with Crippen molar-refractivity contribution < 1.29 is 14.4 Å². The molecule has 6 heteroatoms. The number of Topliss-reactive ketones (excluding diaryl/α,β-unsaturated/α-hetero) is 1. The van der Waals surface area contributed by atoms with Gasteiger partial charge in [-0.1, -0.05) is 44.2 Å². The Balaban J connectivity index is 1.79. The van der Waals surface area contributed by atoms with Crippen molar-refractivity contribution in [2.75, 3.05) is 19.6 Å². The molecule has 0 spiro atoms. The van der Waals surface area contributed by atoms with Crippen LogP contribution in [0.15, 0.2) is 30.3 Å². The zero-order valence-corrected chi connectivity index (χ0v) is 14.9. The second-order valence-corrected chi connectivity index (χ2v) is 6.87. The maximum atomic E-state index is 12.5. The number of likely N-dealkylation sites (tertiary alicyclic amines) is 1. The lowest BCUT2D eigenvalue weighted by Crippen LogP contribution is -2.49. The first kappa shape index (κ1) is 19.1. The summed E-state index contributed by atoms with van der Waals surface area (Å²) in [5.74, 6) is -0.318. The van der Waals surface area contributed by atoms with Gasteiger partial charge >= 0.3 is 0 Å². The van der Waals surface area contributed by atoms with Crippen LogP contribution in [0.3, 0.4) is 0 Å². The van der Waals surface area contributed by atoms with Crippen LogP contribution in [0, 0.1) is 11.8 Å². The van der Waals surface area contributed by atoms with Crippen molar-refractivity contribution in [3.05, 3.63) is 35.9 Å². The number of piperidine rings is 1. The maximum Gasteiger partial charge on any atom is 0.241 e. The van der Waals surface area contributed by atoms with Gasteiger partial charge in [0.25, 0.3) is 0 Å². The second kappa shape index (κ2) is 8.76. The fraction of sp³-hybridized carbons (Fsp3) is 0.526. The topological polar surface area (TPSA) is 92.5 Å². The summed E-state index contributed by atoms with van der Waals surface area (Å²) in [6.45, 7) is 4.75. The van der Waals surface area contributed by atoms with E-state index in [-0.39, 0.29) is 36.0 Å². The number of carbonyl (C=O) groups excluding carboxylic acids is 3. The van der Waals surface area contributed by atoms with Crippen molar-refractivity contribution >= 4 is 17.6 Å². The predicted octanol–water partition coefficient (Wildman–Crippen LogP) is 1.21. The van der Waals surface area contributed by atoms with E-state index in [2.05, 4.69) is 5.32 Å². The fourth-order valence-corrected chi connectivity index (χ4v) is 2.92. The summed E-state index contributed by atoms with van der Waals surface area (Å²) in [6.07, 6.45) is 1.30. The fourth-order valence-electron chi connectivity index (χ4n) is 2.92. The van der Waals surface area contributed by atoms with Gasteiger partial charge in [0.05, 0.1) is 12.6 Å². The van der Waals surface area contributed by atoms with Crippen molar-refractivity contribution in [2.24, 2.45) is 17.6 Å². The molecule has 1 aliphatic rings. The van der Waals surface area contributed by atoms with Gasteiger partial charge in [-0.25, -0.2) is 0 Å². The van der Waals surface area contributed by atoms with Gasteiger partial charge in [0, 0.05) is 24.6 Å². The van der Waals surface area contributed by atoms with E-state index >= 15 is 0 Å². The normalized spacial score (nSPS) is 16.6. The van der Waals surface area contributed by atoms with E-state index in [1.165, 1.54) is 0 Å². The number of rotatable bonds is 6. The highest BCUT2D eigenvalue weighted by molar-refractivity contribution is 5.98. The van der Waals surface area contributed by atoms with E-state index in [0.717, 1.165) is 5.56 Å². The molecule has 0 unspecified atom stereocenters. The summed E-state index contributed by atoms with van der Waals surface area (Å²) in [7, 11) is 0. The summed E-state index contributed by atoms with van der Waals surface area (Å²) in [5, 5.41) is 2.60. The third kappa shape index (κ3) is 5.13. The lowest BCUT2D eigenvalue weighted by Gasteiger charge is -2.31. The summed E-state index contributed by atoms with van der Waals surface area (Å²) >= 11 is 0. The molecule has 1 aromatic rings. The highest BCUT2D eigenvalue weighted by Gasteiger charge is 2.28. The number of hydrogen-bond acceptors (Lipinski definition) is 4. The SMILES string of the molecule is CC(C)[C@H](N)C(=O)NCC(=O)N1CCC(C(=O)c2ccccc2)CC1. The smallest absolute Gasteiger partial charge is 0.241 e. The van der Waals surface area contributed by atoms with Gasteiger partial charge in [-0.2, -0.15) is 0 Å². The second-order valence-electron chi connectivity index (χ2n) is 6.87. The minimum atomic E-state index is -0.609. The monoisotopic (exact) mass is 345 g/mol. The number of nitrogens with one attached hydrogen (secondary N) is 1. The molecule has 1 aliphatic heterocycles. The van der Waals surface area contributed by atoms with E-state index < -0.39 is 6.04 Å². The van der Waals surface area contributed by atoms with Gasteiger partial charge in [-0.05, 0) is 18.8 Å². The molecule has 3 N–H and O–H groups in total. The van der Waals surface area contributed by atoms with Crippen LogP contribution < -0.4 is 11.1 Å². The standard InChI is InChI=1S/C19H27N3O3/c1-13(2)17(20)19(25)21-12-16(23)22-10-8-15(9-11-22)18(24)14-6-4-3-5-7-14/h3-7,13,15,17H,8-12,20H2,1-2H3,(H,21,25)/t17-/m0/s1. The Morgan fingerprint density at radius 2 is 1.76 bits per heavy atom. The average molecular weight is 345 g/mol. The van der Waals surface area contributed by atoms with Gasteiger partial charge < -0.3 is 16.0 Å². The molecule has 0 bridgehead atoms. The van der Waals surface area contributed by atoms with Crippen molar-refractivity contribution in [3.63, 3.8) is 0 Å². The molecule has 2 rings (SSSR count). The van der Waals surface area contributed by atoms with Gasteiger partial charge in [0.15, 0.2) is 5.78 Å². The van der Waals surface area contributed by atoms with E-state index in [9.17, 15) is 14.4 Å². The van der Waals surface area contributed by atoms with E-state index in [4.69, 9.17) is 5.73 Å². The molecule has 1 heterocycles.